The van der Waals surface area contributed by atoms with E-state index in [-0.39, 0.29) is 12.0 Å². The van der Waals surface area contributed by atoms with E-state index in [1.165, 1.54) is 23.8 Å². The van der Waals surface area contributed by atoms with Crippen molar-refractivity contribution < 1.29 is 9.53 Å². The first kappa shape index (κ1) is 12.9. The number of methoxy groups -OCH3 is 1. The van der Waals surface area contributed by atoms with Gasteiger partial charge in [-0.15, -0.1) is 0 Å². The van der Waals surface area contributed by atoms with E-state index in [0.29, 0.717) is 0 Å². The maximum atomic E-state index is 11.6. The molecule has 4 nitrogen and oxygen atoms in total. The molecule has 0 bridgehead atoms. The predicted molar refractivity (Wildman–Crippen MR) is 71.2 cm³/mol. The lowest BCUT2D eigenvalue weighted by Crippen LogP contribution is -2.42. The molecule has 0 aromatic heterocycles. The zero-order valence-corrected chi connectivity index (χ0v) is 11.2. The maximum absolute atomic E-state index is 11.6. The van der Waals surface area contributed by atoms with Crippen molar-refractivity contribution in [3.8, 4) is 0 Å². The molecule has 0 saturated heterocycles. The molecular weight excluding hydrogens is 228 g/mol. The standard InChI is InChI=1S/C14H20N2O2/c1-9-6-11-8-16(10(2)14(17)18-3)5-4-12(11)13(15)7-9/h6-7,10H,4-5,8,15H2,1-3H3. The van der Waals surface area contributed by atoms with Gasteiger partial charge in [-0.25, -0.2) is 0 Å². The van der Waals surface area contributed by atoms with E-state index in [4.69, 9.17) is 10.5 Å². The van der Waals surface area contributed by atoms with Crippen LogP contribution in [0.1, 0.15) is 23.6 Å². The fraction of sp³-hybridized carbons (Fsp3) is 0.500. The summed E-state index contributed by atoms with van der Waals surface area (Å²) in [5, 5.41) is 0. The van der Waals surface area contributed by atoms with Crippen LogP contribution in [0.5, 0.6) is 0 Å². The van der Waals surface area contributed by atoms with Crippen LogP contribution in [-0.2, 0) is 22.5 Å². The maximum Gasteiger partial charge on any atom is 0.322 e. The van der Waals surface area contributed by atoms with E-state index in [1.807, 2.05) is 19.9 Å². The second-order valence-corrected chi connectivity index (χ2v) is 4.91. The fourth-order valence-electron chi connectivity index (χ4n) is 2.57. The molecular formula is C14H20N2O2. The second kappa shape index (κ2) is 4.98. The molecule has 0 radical (unpaired) electrons. The Balaban J connectivity index is 2.22. The molecule has 1 atom stereocenters. The number of aryl methyl sites for hydroxylation is 1. The summed E-state index contributed by atoms with van der Waals surface area (Å²) in [6.45, 7) is 5.53. The summed E-state index contributed by atoms with van der Waals surface area (Å²) >= 11 is 0. The predicted octanol–water partition coefficient (Wildman–Crippen LogP) is 1.50. The Labute approximate surface area is 108 Å². The van der Waals surface area contributed by atoms with Gasteiger partial charge in [-0.3, -0.25) is 9.69 Å². The molecule has 1 aliphatic rings. The van der Waals surface area contributed by atoms with Crippen LogP contribution < -0.4 is 5.73 Å². The Morgan fingerprint density at radius 3 is 2.89 bits per heavy atom. The quantitative estimate of drug-likeness (QED) is 0.636. The average molecular weight is 248 g/mol. The molecule has 1 aliphatic heterocycles. The highest BCUT2D eigenvalue weighted by molar-refractivity contribution is 5.75. The van der Waals surface area contributed by atoms with Crippen LogP contribution in [-0.4, -0.2) is 30.6 Å². The van der Waals surface area contributed by atoms with E-state index < -0.39 is 0 Å². The van der Waals surface area contributed by atoms with Gasteiger partial charge in [0.2, 0.25) is 0 Å². The number of carbonyl (C=O) groups is 1. The summed E-state index contributed by atoms with van der Waals surface area (Å²) in [6.07, 6.45) is 0.892. The van der Waals surface area contributed by atoms with Gasteiger partial charge in [-0.05, 0) is 43.0 Å². The van der Waals surface area contributed by atoms with Crippen molar-refractivity contribution in [3.05, 3.63) is 28.8 Å². The Bertz CT molecular complexity index is 471. The number of nitrogen functional groups attached to an aromatic ring is 1. The Hall–Kier alpha value is -1.55. The van der Waals surface area contributed by atoms with Crippen molar-refractivity contribution in [2.24, 2.45) is 0 Å². The van der Waals surface area contributed by atoms with E-state index in [2.05, 4.69) is 11.0 Å². The zero-order chi connectivity index (χ0) is 13.3. The first-order chi connectivity index (χ1) is 8.52. The third-order valence-electron chi connectivity index (χ3n) is 3.63. The van der Waals surface area contributed by atoms with Crippen molar-refractivity contribution in [2.75, 3.05) is 19.4 Å². The molecule has 4 heteroatoms. The molecule has 1 unspecified atom stereocenters. The number of rotatable bonds is 2. The molecule has 0 fully saturated rings. The number of hydrogen-bond donors (Lipinski definition) is 1. The van der Waals surface area contributed by atoms with Gasteiger partial charge in [0.25, 0.3) is 0 Å². The molecule has 1 heterocycles. The van der Waals surface area contributed by atoms with Crippen LogP contribution in [0.3, 0.4) is 0 Å². The van der Waals surface area contributed by atoms with Crippen molar-refractivity contribution in [2.45, 2.75) is 32.9 Å². The third-order valence-corrected chi connectivity index (χ3v) is 3.63. The van der Waals surface area contributed by atoms with E-state index in [1.54, 1.807) is 0 Å². The van der Waals surface area contributed by atoms with Crippen LogP contribution >= 0.6 is 0 Å². The minimum absolute atomic E-state index is 0.181. The van der Waals surface area contributed by atoms with Crippen molar-refractivity contribution in [3.63, 3.8) is 0 Å². The van der Waals surface area contributed by atoms with Crippen LogP contribution in [0.15, 0.2) is 12.1 Å². The molecule has 0 amide bonds. The van der Waals surface area contributed by atoms with Gasteiger partial charge in [0.15, 0.2) is 0 Å². The van der Waals surface area contributed by atoms with Crippen LogP contribution in [0.25, 0.3) is 0 Å². The van der Waals surface area contributed by atoms with E-state index in [0.717, 1.165) is 25.2 Å². The molecule has 18 heavy (non-hydrogen) atoms. The Morgan fingerprint density at radius 2 is 2.22 bits per heavy atom. The van der Waals surface area contributed by atoms with Crippen molar-refractivity contribution >= 4 is 11.7 Å². The smallest absolute Gasteiger partial charge is 0.322 e. The monoisotopic (exact) mass is 248 g/mol. The summed E-state index contributed by atoms with van der Waals surface area (Å²) in [4.78, 5) is 13.7. The first-order valence-corrected chi connectivity index (χ1v) is 6.22. The number of nitrogens with zero attached hydrogens (tertiary/aromatic N) is 1. The van der Waals surface area contributed by atoms with Gasteiger partial charge < -0.3 is 10.5 Å². The number of fused-ring (bicyclic) bond motifs is 1. The molecule has 2 rings (SSSR count). The van der Waals surface area contributed by atoms with E-state index >= 15 is 0 Å². The highest BCUT2D eigenvalue weighted by Gasteiger charge is 2.26. The average Bonchev–Trinajstić information content (AvgIpc) is 2.36. The van der Waals surface area contributed by atoms with Crippen LogP contribution in [0.4, 0.5) is 5.69 Å². The minimum Gasteiger partial charge on any atom is -0.468 e. The summed E-state index contributed by atoms with van der Waals surface area (Å²) < 4.78 is 4.80. The molecule has 0 spiro atoms. The van der Waals surface area contributed by atoms with Crippen molar-refractivity contribution in [1.82, 2.24) is 4.90 Å². The third kappa shape index (κ3) is 2.34. The molecule has 98 valence electrons. The molecule has 2 N–H and O–H groups in total. The number of ether oxygens (including phenoxy) is 1. The summed E-state index contributed by atoms with van der Waals surface area (Å²) in [7, 11) is 1.43. The number of nitrogens with two attached hydrogens (primary N) is 1. The number of anilines is 1. The van der Waals surface area contributed by atoms with Gasteiger partial charge >= 0.3 is 5.97 Å². The highest BCUT2D eigenvalue weighted by Crippen LogP contribution is 2.27. The fourth-order valence-corrected chi connectivity index (χ4v) is 2.57. The summed E-state index contributed by atoms with van der Waals surface area (Å²) in [6, 6.07) is 3.96. The summed E-state index contributed by atoms with van der Waals surface area (Å²) in [5.74, 6) is -0.181. The highest BCUT2D eigenvalue weighted by atomic mass is 16.5. The molecule has 1 aromatic rings. The largest absolute Gasteiger partial charge is 0.468 e. The van der Waals surface area contributed by atoms with Gasteiger partial charge in [-0.1, -0.05) is 6.07 Å². The van der Waals surface area contributed by atoms with E-state index in [9.17, 15) is 4.79 Å². The molecule has 0 aliphatic carbocycles. The zero-order valence-electron chi connectivity index (χ0n) is 11.2. The van der Waals surface area contributed by atoms with Crippen LogP contribution in [0.2, 0.25) is 0 Å². The number of carbonyl (C=O) groups excluding carboxylic acids is 1. The Kier molecular flexibility index (Phi) is 3.57. The molecule has 0 saturated carbocycles. The van der Waals surface area contributed by atoms with Gasteiger partial charge in [-0.2, -0.15) is 0 Å². The van der Waals surface area contributed by atoms with Gasteiger partial charge in [0.1, 0.15) is 6.04 Å². The number of benzene rings is 1. The second-order valence-electron chi connectivity index (χ2n) is 4.91. The minimum atomic E-state index is -0.204. The molecule has 1 aromatic carbocycles. The number of esters is 1. The van der Waals surface area contributed by atoms with Crippen molar-refractivity contribution in [1.29, 1.82) is 0 Å². The Morgan fingerprint density at radius 1 is 1.50 bits per heavy atom. The summed E-state index contributed by atoms with van der Waals surface area (Å²) in [5.41, 5.74) is 10.5. The normalized spacial score (nSPS) is 17.1. The topological polar surface area (TPSA) is 55.6 Å². The number of hydrogen-bond acceptors (Lipinski definition) is 4. The van der Waals surface area contributed by atoms with Crippen LogP contribution in [0, 0.1) is 6.92 Å². The SMILES string of the molecule is COC(=O)C(C)N1CCc2c(N)cc(C)cc2C1. The first-order valence-electron chi connectivity index (χ1n) is 6.22. The lowest BCUT2D eigenvalue weighted by atomic mass is 9.95. The lowest BCUT2D eigenvalue weighted by Gasteiger charge is -2.33. The lowest BCUT2D eigenvalue weighted by molar-refractivity contribution is -0.146. The van der Waals surface area contributed by atoms with Gasteiger partial charge in [0, 0.05) is 18.8 Å². The van der Waals surface area contributed by atoms with Gasteiger partial charge in [0.05, 0.1) is 7.11 Å².